The van der Waals surface area contributed by atoms with Gasteiger partial charge in [-0.2, -0.15) is 13.2 Å². The molecule has 1 atom stereocenters. The van der Waals surface area contributed by atoms with Crippen molar-refractivity contribution in [1.29, 1.82) is 0 Å². The van der Waals surface area contributed by atoms with Crippen molar-refractivity contribution in [2.75, 3.05) is 0 Å². The van der Waals surface area contributed by atoms with Crippen LogP contribution >= 0.6 is 24.0 Å². The second-order valence-corrected chi connectivity index (χ2v) is 3.82. The number of hydrogen-bond acceptors (Lipinski definition) is 3. The Morgan fingerprint density at radius 2 is 1.94 bits per heavy atom. The van der Waals surface area contributed by atoms with Crippen molar-refractivity contribution >= 4 is 29.7 Å². The molecule has 0 aliphatic heterocycles. The smallest absolute Gasteiger partial charge is 0.324 e. The number of alkyl halides is 3. The fourth-order valence-electron chi connectivity index (χ4n) is 1.27. The average molecular weight is 305 g/mol. The SMILES string of the molecule is C[C@H](N)c1cc([N+](=O)[O-])cc(C(F)(F)F)c1Cl.Cl. The highest BCUT2D eigenvalue weighted by Gasteiger charge is 2.36. The number of rotatable bonds is 2. The van der Waals surface area contributed by atoms with Crippen LogP contribution in [0, 0.1) is 10.1 Å². The molecule has 0 saturated carbocycles. The second-order valence-electron chi connectivity index (χ2n) is 3.44. The predicted molar refractivity (Wildman–Crippen MR) is 63.0 cm³/mol. The standard InChI is InChI=1S/C9H8ClF3N2O2.ClH/c1-4(14)6-2-5(15(16)17)3-7(8(6)10)9(11,12)13;/h2-4H,14H2,1H3;1H/t4-;/m0./s1. The number of nitrogens with two attached hydrogens (primary N) is 1. The first-order chi connectivity index (χ1) is 7.64. The fraction of sp³-hybridized carbons (Fsp3) is 0.333. The topological polar surface area (TPSA) is 69.2 Å². The molecule has 0 aliphatic rings. The molecule has 1 aromatic carbocycles. The number of nitrogens with zero attached hydrogens (tertiary/aromatic N) is 1. The molecule has 1 rings (SSSR count). The molecule has 0 heterocycles. The maximum Gasteiger partial charge on any atom is 0.418 e. The van der Waals surface area contributed by atoms with E-state index in [4.69, 9.17) is 17.3 Å². The zero-order valence-electron chi connectivity index (χ0n) is 8.99. The van der Waals surface area contributed by atoms with Crippen molar-refractivity contribution in [2.45, 2.75) is 19.1 Å². The summed E-state index contributed by atoms with van der Waals surface area (Å²) >= 11 is 5.54. The van der Waals surface area contributed by atoms with E-state index in [2.05, 4.69) is 0 Å². The molecule has 0 fully saturated rings. The first-order valence-electron chi connectivity index (χ1n) is 4.45. The van der Waals surface area contributed by atoms with E-state index in [1.165, 1.54) is 6.92 Å². The minimum absolute atomic E-state index is 0. The van der Waals surface area contributed by atoms with Crippen LogP contribution in [-0.2, 0) is 6.18 Å². The molecular formula is C9H9Cl2F3N2O2. The van der Waals surface area contributed by atoms with Crippen LogP contribution in [-0.4, -0.2) is 4.92 Å². The lowest BCUT2D eigenvalue weighted by atomic mass is 10.0. The summed E-state index contributed by atoms with van der Waals surface area (Å²) in [4.78, 5) is 9.60. The minimum atomic E-state index is -4.76. The molecule has 2 N–H and O–H groups in total. The molecule has 9 heteroatoms. The molecule has 4 nitrogen and oxygen atoms in total. The van der Waals surface area contributed by atoms with E-state index in [1.807, 2.05) is 0 Å². The lowest BCUT2D eigenvalue weighted by molar-refractivity contribution is -0.385. The molecule has 0 aliphatic carbocycles. The third kappa shape index (κ3) is 3.47. The molecule has 0 amide bonds. The van der Waals surface area contributed by atoms with E-state index in [9.17, 15) is 23.3 Å². The Kier molecular flexibility index (Phi) is 5.39. The minimum Gasteiger partial charge on any atom is -0.324 e. The average Bonchev–Trinajstić information content (AvgIpc) is 2.15. The van der Waals surface area contributed by atoms with Gasteiger partial charge in [-0.05, 0) is 12.5 Å². The molecule has 0 aromatic heterocycles. The van der Waals surface area contributed by atoms with Gasteiger partial charge in [0.15, 0.2) is 0 Å². The van der Waals surface area contributed by atoms with Gasteiger partial charge in [-0.25, -0.2) is 0 Å². The molecule has 0 saturated heterocycles. The molecule has 0 bridgehead atoms. The van der Waals surface area contributed by atoms with E-state index in [-0.39, 0.29) is 18.0 Å². The van der Waals surface area contributed by atoms with Crippen LogP contribution in [0.5, 0.6) is 0 Å². The van der Waals surface area contributed by atoms with Crippen LogP contribution in [0.3, 0.4) is 0 Å². The van der Waals surface area contributed by atoms with E-state index < -0.39 is 33.4 Å². The van der Waals surface area contributed by atoms with Gasteiger partial charge < -0.3 is 5.73 Å². The molecule has 102 valence electrons. The molecule has 0 spiro atoms. The lowest BCUT2D eigenvalue weighted by Gasteiger charge is -2.14. The van der Waals surface area contributed by atoms with Gasteiger partial charge >= 0.3 is 6.18 Å². The maximum atomic E-state index is 12.6. The van der Waals surface area contributed by atoms with Crippen molar-refractivity contribution in [3.05, 3.63) is 38.4 Å². The van der Waals surface area contributed by atoms with Gasteiger partial charge in [0.05, 0.1) is 15.5 Å². The highest BCUT2D eigenvalue weighted by atomic mass is 35.5. The Labute approximate surface area is 111 Å². The van der Waals surface area contributed by atoms with Crippen molar-refractivity contribution in [2.24, 2.45) is 5.73 Å². The first-order valence-corrected chi connectivity index (χ1v) is 4.83. The summed E-state index contributed by atoms with van der Waals surface area (Å²) in [6.45, 7) is 1.39. The quantitative estimate of drug-likeness (QED) is 0.669. The van der Waals surface area contributed by atoms with Gasteiger partial charge in [-0.1, -0.05) is 11.6 Å². The number of hydrogen-bond donors (Lipinski definition) is 1. The number of nitro groups is 1. The van der Waals surface area contributed by atoms with Gasteiger partial charge in [-0.3, -0.25) is 10.1 Å². The summed E-state index contributed by atoms with van der Waals surface area (Å²) in [5.41, 5.74) is 3.38. The summed E-state index contributed by atoms with van der Waals surface area (Å²) in [7, 11) is 0. The highest BCUT2D eigenvalue weighted by molar-refractivity contribution is 6.32. The van der Waals surface area contributed by atoms with Gasteiger partial charge in [0.2, 0.25) is 0 Å². The molecule has 18 heavy (non-hydrogen) atoms. The van der Waals surface area contributed by atoms with Crippen molar-refractivity contribution < 1.29 is 18.1 Å². The Morgan fingerprint density at radius 1 is 1.44 bits per heavy atom. The monoisotopic (exact) mass is 304 g/mol. The summed E-state index contributed by atoms with van der Waals surface area (Å²) in [5.74, 6) is 0. The molecule has 0 unspecified atom stereocenters. The number of nitro benzene ring substituents is 1. The van der Waals surface area contributed by atoms with Crippen LogP contribution < -0.4 is 5.73 Å². The third-order valence-corrected chi connectivity index (χ3v) is 2.51. The van der Waals surface area contributed by atoms with Crippen molar-refractivity contribution in [3.8, 4) is 0 Å². The van der Waals surface area contributed by atoms with E-state index in [0.717, 1.165) is 6.07 Å². The predicted octanol–water partition coefficient (Wildman–Crippen LogP) is 3.71. The van der Waals surface area contributed by atoms with Gasteiger partial charge in [0, 0.05) is 18.2 Å². The van der Waals surface area contributed by atoms with E-state index in [0.29, 0.717) is 6.07 Å². The zero-order valence-corrected chi connectivity index (χ0v) is 10.6. The van der Waals surface area contributed by atoms with Crippen LogP contribution in [0.15, 0.2) is 12.1 Å². The maximum absolute atomic E-state index is 12.6. The summed E-state index contributed by atoms with van der Waals surface area (Å²) in [6.07, 6.45) is -4.76. The van der Waals surface area contributed by atoms with Crippen molar-refractivity contribution in [1.82, 2.24) is 0 Å². The number of halogens is 5. The molecule has 0 radical (unpaired) electrons. The van der Waals surface area contributed by atoms with E-state index in [1.54, 1.807) is 0 Å². The van der Waals surface area contributed by atoms with Gasteiger partial charge in [0.25, 0.3) is 5.69 Å². The lowest BCUT2D eigenvalue weighted by Crippen LogP contribution is -2.12. The second kappa shape index (κ2) is 5.73. The Balaban J connectivity index is 0.00000289. The third-order valence-electron chi connectivity index (χ3n) is 2.09. The van der Waals surface area contributed by atoms with E-state index >= 15 is 0 Å². The molecular weight excluding hydrogens is 296 g/mol. The fourth-order valence-corrected chi connectivity index (χ4v) is 1.66. The summed E-state index contributed by atoms with van der Waals surface area (Å²) < 4.78 is 37.8. The Morgan fingerprint density at radius 3 is 2.28 bits per heavy atom. The number of non-ortho nitro benzene ring substituents is 1. The van der Waals surface area contributed by atoms with Gasteiger partial charge in [-0.15, -0.1) is 12.4 Å². The Hall–Kier alpha value is -1.05. The number of benzene rings is 1. The normalized spacial score (nSPS) is 12.8. The van der Waals surface area contributed by atoms with Crippen LogP contribution in [0.4, 0.5) is 18.9 Å². The first kappa shape index (κ1) is 16.9. The zero-order chi connectivity index (χ0) is 13.4. The van der Waals surface area contributed by atoms with Crippen LogP contribution in [0.2, 0.25) is 5.02 Å². The summed E-state index contributed by atoms with van der Waals surface area (Å²) in [6, 6.07) is 0.514. The van der Waals surface area contributed by atoms with Crippen LogP contribution in [0.25, 0.3) is 0 Å². The van der Waals surface area contributed by atoms with Crippen molar-refractivity contribution in [3.63, 3.8) is 0 Å². The summed E-state index contributed by atoms with van der Waals surface area (Å²) in [5, 5.41) is 9.92. The Bertz CT molecular complexity index is 464. The van der Waals surface area contributed by atoms with Gasteiger partial charge in [0.1, 0.15) is 0 Å². The molecule has 1 aromatic rings. The largest absolute Gasteiger partial charge is 0.418 e. The highest BCUT2D eigenvalue weighted by Crippen LogP contribution is 2.40. The van der Waals surface area contributed by atoms with Crippen LogP contribution in [0.1, 0.15) is 24.1 Å².